The number of hydrogen-bond acceptors (Lipinski definition) is 1. The lowest BCUT2D eigenvalue weighted by atomic mass is 9.89. The number of rotatable bonds is 3. The number of benzene rings is 2. The average molecular weight is 249 g/mol. The molecule has 1 atom stereocenters. The normalized spacial score (nSPS) is 11.9. The SMILES string of the molecule is Cc1ccc(CC(C#N)c2cc(C)ccc2C)cc1. The first-order chi connectivity index (χ1) is 9.10. The van der Waals surface area contributed by atoms with E-state index in [1.807, 2.05) is 0 Å². The third kappa shape index (κ3) is 3.23. The Labute approximate surface area is 115 Å². The van der Waals surface area contributed by atoms with Crippen LogP contribution in [0.3, 0.4) is 0 Å². The Hall–Kier alpha value is -2.07. The number of aryl methyl sites for hydroxylation is 3. The van der Waals surface area contributed by atoms with E-state index in [1.54, 1.807) is 0 Å². The van der Waals surface area contributed by atoms with Gasteiger partial charge in [-0.15, -0.1) is 0 Å². The lowest BCUT2D eigenvalue weighted by molar-refractivity contribution is 0.839. The first-order valence-electron chi connectivity index (χ1n) is 6.62. The molecule has 1 unspecified atom stereocenters. The van der Waals surface area contributed by atoms with Crippen LogP contribution in [0.25, 0.3) is 0 Å². The quantitative estimate of drug-likeness (QED) is 0.787. The largest absolute Gasteiger partial charge is 0.198 e. The van der Waals surface area contributed by atoms with E-state index < -0.39 is 0 Å². The molecular weight excluding hydrogens is 230 g/mol. The van der Waals surface area contributed by atoms with Gasteiger partial charge in [-0.1, -0.05) is 53.6 Å². The molecule has 0 saturated heterocycles. The number of nitrogens with zero attached hydrogens (tertiary/aromatic N) is 1. The van der Waals surface area contributed by atoms with E-state index in [1.165, 1.54) is 22.3 Å². The molecule has 1 nitrogen and oxygen atoms in total. The van der Waals surface area contributed by atoms with Crippen LogP contribution in [0.2, 0.25) is 0 Å². The molecule has 0 aliphatic heterocycles. The summed E-state index contributed by atoms with van der Waals surface area (Å²) in [5.74, 6) is -0.0670. The fourth-order valence-electron chi connectivity index (χ4n) is 2.32. The first kappa shape index (κ1) is 13.4. The van der Waals surface area contributed by atoms with E-state index >= 15 is 0 Å². The zero-order chi connectivity index (χ0) is 13.8. The van der Waals surface area contributed by atoms with E-state index in [2.05, 4.69) is 69.3 Å². The van der Waals surface area contributed by atoms with E-state index in [-0.39, 0.29) is 5.92 Å². The molecule has 96 valence electrons. The summed E-state index contributed by atoms with van der Waals surface area (Å²) in [4.78, 5) is 0. The van der Waals surface area contributed by atoms with Gasteiger partial charge in [0.15, 0.2) is 0 Å². The highest BCUT2D eigenvalue weighted by Crippen LogP contribution is 2.24. The van der Waals surface area contributed by atoms with Crippen molar-refractivity contribution in [3.8, 4) is 6.07 Å². The summed E-state index contributed by atoms with van der Waals surface area (Å²) in [7, 11) is 0. The molecule has 0 radical (unpaired) electrons. The molecule has 2 aromatic rings. The van der Waals surface area contributed by atoms with Crippen LogP contribution in [-0.2, 0) is 6.42 Å². The third-order valence-corrected chi connectivity index (χ3v) is 3.53. The summed E-state index contributed by atoms with van der Waals surface area (Å²) in [6, 6.07) is 17.2. The molecule has 2 rings (SSSR count). The molecular formula is C18H19N. The fourth-order valence-corrected chi connectivity index (χ4v) is 2.32. The second-order valence-corrected chi connectivity index (χ2v) is 5.23. The minimum Gasteiger partial charge on any atom is -0.198 e. The van der Waals surface area contributed by atoms with Gasteiger partial charge in [0.2, 0.25) is 0 Å². The third-order valence-electron chi connectivity index (χ3n) is 3.53. The van der Waals surface area contributed by atoms with E-state index in [0.717, 1.165) is 12.0 Å². The van der Waals surface area contributed by atoms with Crippen molar-refractivity contribution in [2.75, 3.05) is 0 Å². The zero-order valence-corrected chi connectivity index (χ0v) is 11.8. The Morgan fingerprint density at radius 1 is 0.947 bits per heavy atom. The van der Waals surface area contributed by atoms with Gasteiger partial charge in [0.05, 0.1) is 12.0 Å². The Balaban J connectivity index is 2.28. The monoisotopic (exact) mass is 249 g/mol. The van der Waals surface area contributed by atoms with Crippen molar-refractivity contribution in [3.05, 3.63) is 70.3 Å². The molecule has 0 bridgehead atoms. The van der Waals surface area contributed by atoms with Crippen molar-refractivity contribution >= 4 is 0 Å². The Morgan fingerprint density at radius 2 is 1.58 bits per heavy atom. The zero-order valence-electron chi connectivity index (χ0n) is 11.8. The lowest BCUT2D eigenvalue weighted by Gasteiger charge is -2.13. The van der Waals surface area contributed by atoms with Gasteiger partial charge in [0, 0.05) is 0 Å². The molecule has 0 saturated carbocycles. The van der Waals surface area contributed by atoms with Crippen LogP contribution < -0.4 is 0 Å². The van der Waals surface area contributed by atoms with Gasteiger partial charge in [-0.05, 0) is 43.9 Å². The van der Waals surface area contributed by atoms with Crippen LogP contribution in [0.1, 0.15) is 33.7 Å². The molecule has 0 fully saturated rings. The average Bonchev–Trinajstić information content (AvgIpc) is 2.41. The highest BCUT2D eigenvalue weighted by atomic mass is 14.3. The summed E-state index contributed by atoms with van der Waals surface area (Å²) < 4.78 is 0. The number of hydrogen-bond donors (Lipinski definition) is 0. The standard InChI is InChI=1S/C18H19N/c1-13-5-8-16(9-6-13)11-17(12-19)18-10-14(2)4-7-15(18)3/h4-10,17H,11H2,1-3H3. The van der Waals surface area contributed by atoms with E-state index in [0.29, 0.717) is 0 Å². The van der Waals surface area contributed by atoms with Gasteiger partial charge < -0.3 is 0 Å². The highest BCUT2D eigenvalue weighted by molar-refractivity contribution is 5.38. The molecule has 2 aromatic carbocycles. The molecule has 0 aliphatic rings. The van der Waals surface area contributed by atoms with Crippen molar-refractivity contribution in [2.45, 2.75) is 33.1 Å². The fraction of sp³-hybridized carbons (Fsp3) is 0.278. The maximum atomic E-state index is 9.46. The van der Waals surface area contributed by atoms with Crippen LogP contribution in [-0.4, -0.2) is 0 Å². The van der Waals surface area contributed by atoms with E-state index in [9.17, 15) is 5.26 Å². The van der Waals surface area contributed by atoms with Crippen molar-refractivity contribution in [1.29, 1.82) is 5.26 Å². The van der Waals surface area contributed by atoms with Gasteiger partial charge in [-0.25, -0.2) is 0 Å². The highest BCUT2D eigenvalue weighted by Gasteiger charge is 2.14. The maximum absolute atomic E-state index is 9.46. The van der Waals surface area contributed by atoms with Gasteiger partial charge >= 0.3 is 0 Å². The van der Waals surface area contributed by atoms with Crippen molar-refractivity contribution in [1.82, 2.24) is 0 Å². The minimum atomic E-state index is -0.0670. The summed E-state index contributed by atoms with van der Waals surface area (Å²) in [6.45, 7) is 6.23. The van der Waals surface area contributed by atoms with E-state index in [4.69, 9.17) is 0 Å². The van der Waals surface area contributed by atoms with Crippen LogP contribution in [0, 0.1) is 32.1 Å². The van der Waals surface area contributed by atoms with Crippen molar-refractivity contribution in [3.63, 3.8) is 0 Å². The molecule has 0 heterocycles. The molecule has 0 spiro atoms. The topological polar surface area (TPSA) is 23.8 Å². The van der Waals surface area contributed by atoms with Gasteiger partial charge in [-0.2, -0.15) is 5.26 Å². The smallest absolute Gasteiger partial charge is 0.0755 e. The second-order valence-electron chi connectivity index (χ2n) is 5.23. The van der Waals surface area contributed by atoms with Crippen LogP contribution >= 0.6 is 0 Å². The predicted molar refractivity (Wildman–Crippen MR) is 79.2 cm³/mol. The second kappa shape index (κ2) is 5.71. The van der Waals surface area contributed by atoms with Gasteiger partial charge in [0.1, 0.15) is 0 Å². The van der Waals surface area contributed by atoms with Crippen molar-refractivity contribution in [2.24, 2.45) is 0 Å². The lowest BCUT2D eigenvalue weighted by Crippen LogP contribution is -2.03. The summed E-state index contributed by atoms with van der Waals surface area (Å²) in [6.07, 6.45) is 0.779. The predicted octanol–water partition coefficient (Wildman–Crippen LogP) is 4.46. The first-order valence-corrected chi connectivity index (χ1v) is 6.62. The maximum Gasteiger partial charge on any atom is 0.0755 e. The Kier molecular flexibility index (Phi) is 4.02. The molecule has 0 aliphatic carbocycles. The van der Waals surface area contributed by atoms with Gasteiger partial charge in [0.25, 0.3) is 0 Å². The summed E-state index contributed by atoms with van der Waals surface area (Å²) >= 11 is 0. The van der Waals surface area contributed by atoms with Crippen molar-refractivity contribution < 1.29 is 0 Å². The van der Waals surface area contributed by atoms with Crippen LogP contribution in [0.5, 0.6) is 0 Å². The molecule has 0 N–H and O–H groups in total. The number of nitriles is 1. The Morgan fingerprint density at radius 3 is 2.21 bits per heavy atom. The minimum absolute atomic E-state index is 0.0670. The molecule has 19 heavy (non-hydrogen) atoms. The molecule has 0 aromatic heterocycles. The van der Waals surface area contributed by atoms with Gasteiger partial charge in [-0.3, -0.25) is 0 Å². The molecule has 0 amide bonds. The molecule has 1 heteroatoms. The summed E-state index contributed by atoms with van der Waals surface area (Å²) in [5, 5.41) is 9.46. The summed E-state index contributed by atoms with van der Waals surface area (Å²) in [5.41, 5.74) is 6.04. The van der Waals surface area contributed by atoms with Crippen LogP contribution in [0.4, 0.5) is 0 Å². The Bertz CT molecular complexity index is 603. The van der Waals surface area contributed by atoms with Crippen LogP contribution in [0.15, 0.2) is 42.5 Å².